The van der Waals surface area contributed by atoms with Crippen LogP contribution in [0.1, 0.15) is 34.1 Å². The Morgan fingerprint density at radius 1 is 1.42 bits per heavy atom. The summed E-state index contributed by atoms with van der Waals surface area (Å²) < 4.78 is 0. The normalized spacial score (nSPS) is 32.9. The lowest BCUT2D eigenvalue weighted by Crippen LogP contribution is -2.53. The molecule has 1 unspecified atom stereocenters. The molecule has 70 valence electrons. The Morgan fingerprint density at radius 2 is 1.92 bits per heavy atom. The Morgan fingerprint density at radius 3 is 2.08 bits per heavy atom. The van der Waals surface area contributed by atoms with Crippen molar-refractivity contribution < 1.29 is 4.79 Å². The van der Waals surface area contributed by atoms with Crippen molar-refractivity contribution in [3.8, 4) is 0 Å². The van der Waals surface area contributed by atoms with Crippen LogP contribution in [0.15, 0.2) is 0 Å². The maximum Gasteiger partial charge on any atom is 0.154 e. The number of Topliss-reactive ketones (excluding diaryl/α,β-unsaturated/α-hetero) is 1. The van der Waals surface area contributed by atoms with Crippen LogP contribution >= 0.6 is 0 Å². The smallest absolute Gasteiger partial charge is 0.154 e. The van der Waals surface area contributed by atoms with Crippen molar-refractivity contribution in [1.82, 2.24) is 4.90 Å². The van der Waals surface area contributed by atoms with Gasteiger partial charge in [-0.05, 0) is 19.4 Å². The molecule has 1 saturated heterocycles. The minimum absolute atomic E-state index is 0.0370. The zero-order valence-corrected chi connectivity index (χ0v) is 8.77. The summed E-state index contributed by atoms with van der Waals surface area (Å²) in [5.74, 6) is 0.387. The largest absolute Gasteiger partial charge is 0.298 e. The third kappa shape index (κ3) is 1.09. The predicted octanol–water partition coefficient (Wildman–Crippen LogP) is 1.70. The first-order valence-corrected chi connectivity index (χ1v) is 4.54. The van der Waals surface area contributed by atoms with Crippen LogP contribution in [-0.4, -0.2) is 29.8 Å². The second kappa shape index (κ2) is 2.56. The van der Waals surface area contributed by atoms with E-state index in [9.17, 15) is 4.79 Å². The van der Waals surface area contributed by atoms with Gasteiger partial charge in [0, 0.05) is 13.0 Å². The number of likely N-dealkylation sites (N-methyl/N-ethyl adjacent to an activating group) is 1. The molecule has 2 heteroatoms. The van der Waals surface area contributed by atoms with Gasteiger partial charge in [-0.1, -0.05) is 20.8 Å². The highest BCUT2D eigenvalue weighted by Crippen LogP contribution is 2.39. The predicted molar refractivity (Wildman–Crippen MR) is 50.1 cm³/mol. The van der Waals surface area contributed by atoms with Crippen molar-refractivity contribution in [1.29, 1.82) is 0 Å². The molecule has 1 aliphatic heterocycles. The van der Waals surface area contributed by atoms with Gasteiger partial charge in [0.15, 0.2) is 5.78 Å². The molecule has 0 saturated carbocycles. The summed E-state index contributed by atoms with van der Waals surface area (Å²) in [6.07, 6.45) is 0.713. The minimum atomic E-state index is -0.257. The van der Waals surface area contributed by atoms with Gasteiger partial charge < -0.3 is 0 Å². The summed E-state index contributed by atoms with van der Waals surface area (Å²) >= 11 is 0. The van der Waals surface area contributed by atoms with E-state index in [2.05, 4.69) is 32.6 Å². The van der Waals surface area contributed by atoms with Gasteiger partial charge >= 0.3 is 0 Å². The lowest BCUT2D eigenvalue weighted by atomic mass is 9.73. The fourth-order valence-electron chi connectivity index (χ4n) is 1.94. The topological polar surface area (TPSA) is 20.3 Å². The van der Waals surface area contributed by atoms with Crippen LogP contribution in [0, 0.1) is 5.41 Å². The second-order valence-corrected chi connectivity index (χ2v) is 4.92. The number of rotatable bonds is 0. The molecule has 0 amide bonds. The number of nitrogens with zero attached hydrogens (tertiary/aromatic N) is 1. The van der Waals surface area contributed by atoms with E-state index < -0.39 is 0 Å². The van der Waals surface area contributed by atoms with E-state index in [1.807, 2.05) is 7.05 Å². The molecule has 1 atom stereocenters. The molecule has 1 heterocycles. The van der Waals surface area contributed by atoms with Crippen LogP contribution in [0.25, 0.3) is 0 Å². The SMILES string of the molecule is CN1CCC(=O)C1(C)C(C)(C)C. The van der Waals surface area contributed by atoms with E-state index in [1.165, 1.54) is 0 Å². The lowest BCUT2D eigenvalue weighted by Gasteiger charge is -2.42. The quantitative estimate of drug-likeness (QED) is 0.550. The summed E-state index contributed by atoms with van der Waals surface area (Å²) in [7, 11) is 2.04. The van der Waals surface area contributed by atoms with Crippen molar-refractivity contribution in [2.75, 3.05) is 13.6 Å². The van der Waals surface area contributed by atoms with E-state index in [1.54, 1.807) is 0 Å². The van der Waals surface area contributed by atoms with E-state index in [-0.39, 0.29) is 11.0 Å². The minimum Gasteiger partial charge on any atom is -0.298 e. The van der Waals surface area contributed by atoms with Crippen molar-refractivity contribution in [3.05, 3.63) is 0 Å². The summed E-state index contributed by atoms with van der Waals surface area (Å²) in [6.45, 7) is 9.36. The fourth-order valence-corrected chi connectivity index (χ4v) is 1.94. The van der Waals surface area contributed by atoms with Gasteiger partial charge in [0.25, 0.3) is 0 Å². The number of ketones is 1. The van der Waals surface area contributed by atoms with E-state index in [4.69, 9.17) is 0 Å². The van der Waals surface area contributed by atoms with Crippen LogP contribution in [0.4, 0.5) is 0 Å². The number of carbonyl (C=O) groups is 1. The average molecular weight is 169 g/mol. The molecule has 0 N–H and O–H groups in total. The molecule has 0 aromatic heterocycles. The lowest BCUT2D eigenvalue weighted by molar-refractivity contribution is -0.129. The molecular weight excluding hydrogens is 150 g/mol. The first kappa shape index (κ1) is 9.72. The van der Waals surface area contributed by atoms with Gasteiger partial charge in [0.05, 0.1) is 5.54 Å². The summed E-state index contributed by atoms with van der Waals surface area (Å²) in [5, 5.41) is 0. The summed E-state index contributed by atoms with van der Waals surface area (Å²) in [6, 6.07) is 0. The standard InChI is InChI=1S/C10H19NO/c1-9(2,3)10(4)8(12)6-7-11(10)5/h6-7H2,1-5H3. The first-order valence-electron chi connectivity index (χ1n) is 4.54. The van der Waals surface area contributed by atoms with Gasteiger partial charge in [-0.15, -0.1) is 0 Å². The van der Waals surface area contributed by atoms with Gasteiger partial charge in [-0.3, -0.25) is 9.69 Å². The second-order valence-electron chi connectivity index (χ2n) is 4.92. The Balaban J connectivity index is 3.03. The van der Waals surface area contributed by atoms with Crippen LogP contribution in [0.5, 0.6) is 0 Å². The van der Waals surface area contributed by atoms with Crippen molar-refractivity contribution in [3.63, 3.8) is 0 Å². The van der Waals surface area contributed by atoms with Crippen molar-refractivity contribution >= 4 is 5.78 Å². The Bertz CT molecular complexity index is 204. The van der Waals surface area contributed by atoms with Gasteiger partial charge in [-0.25, -0.2) is 0 Å². The molecule has 0 radical (unpaired) electrons. The van der Waals surface area contributed by atoms with Crippen LogP contribution in [-0.2, 0) is 4.79 Å². The number of hydrogen-bond donors (Lipinski definition) is 0. The van der Waals surface area contributed by atoms with Crippen LogP contribution in [0.3, 0.4) is 0 Å². The number of hydrogen-bond acceptors (Lipinski definition) is 2. The third-order valence-electron chi connectivity index (χ3n) is 3.44. The van der Waals surface area contributed by atoms with Gasteiger partial charge in [-0.2, -0.15) is 0 Å². The van der Waals surface area contributed by atoms with Crippen LogP contribution in [0.2, 0.25) is 0 Å². The highest BCUT2D eigenvalue weighted by Gasteiger charge is 2.50. The van der Waals surface area contributed by atoms with Gasteiger partial charge in [0.1, 0.15) is 0 Å². The maximum absolute atomic E-state index is 11.7. The summed E-state index contributed by atoms with van der Waals surface area (Å²) in [5.41, 5.74) is -0.220. The molecule has 0 aliphatic carbocycles. The monoisotopic (exact) mass is 169 g/mol. The molecule has 0 spiro atoms. The molecule has 0 bridgehead atoms. The molecule has 12 heavy (non-hydrogen) atoms. The van der Waals surface area contributed by atoms with E-state index in [0.29, 0.717) is 12.2 Å². The molecule has 2 nitrogen and oxygen atoms in total. The fraction of sp³-hybridized carbons (Fsp3) is 0.900. The molecule has 1 aliphatic rings. The Hall–Kier alpha value is -0.370. The van der Waals surface area contributed by atoms with Crippen molar-refractivity contribution in [2.45, 2.75) is 39.7 Å². The zero-order chi connectivity index (χ0) is 9.57. The molecule has 1 fully saturated rings. The zero-order valence-electron chi connectivity index (χ0n) is 8.77. The third-order valence-corrected chi connectivity index (χ3v) is 3.44. The summed E-state index contributed by atoms with van der Waals surface area (Å²) in [4.78, 5) is 13.9. The number of carbonyl (C=O) groups excluding carboxylic acids is 1. The van der Waals surface area contributed by atoms with Gasteiger partial charge in [0.2, 0.25) is 0 Å². The molecule has 0 aromatic carbocycles. The molecule has 0 aromatic rings. The van der Waals surface area contributed by atoms with E-state index >= 15 is 0 Å². The van der Waals surface area contributed by atoms with Crippen LogP contribution < -0.4 is 0 Å². The number of likely N-dealkylation sites (tertiary alicyclic amines) is 1. The highest BCUT2D eigenvalue weighted by molar-refractivity contribution is 5.91. The Kier molecular flexibility index (Phi) is 2.07. The molecular formula is C10H19NO. The maximum atomic E-state index is 11.7. The Labute approximate surface area is 74.9 Å². The average Bonchev–Trinajstić information content (AvgIpc) is 2.16. The van der Waals surface area contributed by atoms with Crippen molar-refractivity contribution in [2.24, 2.45) is 5.41 Å². The first-order chi connectivity index (χ1) is 5.30. The highest BCUT2D eigenvalue weighted by atomic mass is 16.1. The molecule has 1 rings (SSSR count). The van der Waals surface area contributed by atoms with E-state index in [0.717, 1.165) is 6.54 Å².